The van der Waals surface area contributed by atoms with Crippen molar-refractivity contribution in [3.8, 4) is 6.07 Å². The van der Waals surface area contributed by atoms with Gasteiger partial charge in [0, 0.05) is 19.6 Å². The number of carbonyl (C=O) groups excluding carboxylic acids is 1. The maximum atomic E-state index is 11.2. The monoisotopic (exact) mass is 229 g/mol. The van der Waals surface area contributed by atoms with E-state index in [-0.39, 0.29) is 11.8 Å². The zero-order chi connectivity index (χ0) is 12.1. The highest BCUT2D eigenvalue weighted by Gasteiger charge is 2.20. The van der Waals surface area contributed by atoms with Gasteiger partial charge in [-0.25, -0.2) is 0 Å². The number of nitriles is 1. The van der Waals surface area contributed by atoms with Crippen LogP contribution in [-0.4, -0.2) is 37.0 Å². The second kappa shape index (κ2) is 5.46. The smallest absolute Gasteiger partial charge is 0.234 e. The van der Waals surface area contributed by atoms with Gasteiger partial charge < -0.3 is 5.32 Å². The predicted molar refractivity (Wildman–Crippen MR) is 64.2 cm³/mol. The third kappa shape index (κ3) is 3.05. The average molecular weight is 229 g/mol. The molecule has 1 aromatic carbocycles. The summed E-state index contributed by atoms with van der Waals surface area (Å²) in [5.41, 5.74) is 1.01. The molecule has 0 spiro atoms. The Bertz CT molecular complexity index is 424. The Morgan fingerprint density at radius 3 is 2.82 bits per heavy atom. The maximum Gasteiger partial charge on any atom is 0.234 e. The summed E-state index contributed by atoms with van der Waals surface area (Å²) in [5, 5.41) is 12.0. The summed E-state index contributed by atoms with van der Waals surface area (Å²) in [7, 11) is 0. The van der Waals surface area contributed by atoms with Crippen LogP contribution < -0.4 is 5.32 Å². The van der Waals surface area contributed by atoms with Gasteiger partial charge in [-0.2, -0.15) is 5.26 Å². The second-order valence-electron chi connectivity index (χ2n) is 4.18. The standard InChI is InChI=1S/C13H15N3O/c14-8-12(11-4-2-1-3-5-11)9-16-7-6-15-13(17)10-16/h1-5,12H,6-7,9-10H2,(H,15,17). The van der Waals surface area contributed by atoms with Crippen LogP contribution in [0.4, 0.5) is 0 Å². The Hall–Kier alpha value is -1.86. The zero-order valence-corrected chi connectivity index (χ0v) is 9.60. The Morgan fingerprint density at radius 2 is 2.18 bits per heavy atom. The molecule has 0 aromatic heterocycles. The molecule has 17 heavy (non-hydrogen) atoms. The second-order valence-corrected chi connectivity index (χ2v) is 4.18. The molecule has 88 valence electrons. The van der Waals surface area contributed by atoms with Crippen LogP contribution in [0.15, 0.2) is 30.3 Å². The van der Waals surface area contributed by atoms with Gasteiger partial charge in [0.2, 0.25) is 5.91 Å². The van der Waals surface area contributed by atoms with Crippen LogP contribution >= 0.6 is 0 Å². The highest BCUT2D eigenvalue weighted by atomic mass is 16.2. The molecule has 1 atom stereocenters. The SMILES string of the molecule is N#CC(CN1CCNC(=O)C1)c1ccccc1. The molecule has 1 amide bonds. The lowest BCUT2D eigenvalue weighted by atomic mass is 10.00. The van der Waals surface area contributed by atoms with E-state index in [4.69, 9.17) is 0 Å². The number of benzene rings is 1. The number of amides is 1. The fourth-order valence-corrected chi connectivity index (χ4v) is 2.01. The molecule has 1 unspecified atom stereocenters. The Morgan fingerprint density at radius 1 is 1.41 bits per heavy atom. The number of hydrogen-bond donors (Lipinski definition) is 1. The van der Waals surface area contributed by atoms with E-state index in [0.717, 1.165) is 12.1 Å². The van der Waals surface area contributed by atoms with Gasteiger partial charge in [-0.05, 0) is 5.56 Å². The van der Waals surface area contributed by atoms with Crippen molar-refractivity contribution in [2.75, 3.05) is 26.2 Å². The summed E-state index contributed by atoms with van der Waals surface area (Å²) in [6, 6.07) is 12.0. The largest absolute Gasteiger partial charge is 0.354 e. The van der Waals surface area contributed by atoms with Crippen LogP contribution in [0, 0.1) is 11.3 Å². The Kier molecular flexibility index (Phi) is 3.73. The highest BCUT2D eigenvalue weighted by molar-refractivity contribution is 5.78. The van der Waals surface area contributed by atoms with Gasteiger partial charge in [-0.3, -0.25) is 9.69 Å². The van der Waals surface area contributed by atoms with E-state index in [2.05, 4.69) is 11.4 Å². The zero-order valence-electron chi connectivity index (χ0n) is 9.60. The minimum atomic E-state index is -0.165. The molecule has 4 nitrogen and oxygen atoms in total. The molecule has 0 radical (unpaired) electrons. The first-order valence-electron chi connectivity index (χ1n) is 5.73. The third-order valence-corrected chi connectivity index (χ3v) is 2.92. The molecule has 0 bridgehead atoms. The predicted octanol–water partition coefficient (Wildman–Crippen LogP) is 0.726. The van der Waals surface area contributed by atoms with E-state index in [1.165, 1.54) is 0 Å². The van der Waals surface area contributed by atoms with Crippen LogP contribution in [0.25, 0.3) is 0 Å². The van der Waals surface area contributed by atoms with E-state index in [9.17, 15) is 10.1 Å². The summed E-state index contributed by atoms with van der Waals surface area (Å²) in [6.07, 6.45) is 0. The van der Waals surface area contributed by atoms with Crippen molar-refractivity contribution in [3.63, 3.8) is 0 Å². The number of carbonyl (C=O) groups is 1. The molecule has 1 fully saturated rings. The molecule has 1 saturated heterocycles. The minimum Gasteiger partial charge on any atom is -0.354 e. The molecule has 0 aliphatic carbocycles. The van der Waals surface area contributed by atoms with Gasteiger partial charge in [0.15, 0.2) is 0 Å². The lowest BCUT2D eigenvalue weighted by Crippen LogP contribution is -2.48. The quantitative estimate of drug-likeness (QED) is 0.831. The van der Waals surface area contributed by atoms with Crippen LogP contribution in [0.2, 0.25) is 0 Å². The van der Waals surface area contributed by atoms with Crippen molar-refractivity contribution in [3.05, 3.63) is 35.9 Å². The van der Waals surface area contributed by atoms with Crippen LogP contribution in [-0.2, 0) is 4.79 Å². The first-order valence-corrected chi connectivity index (χ1v) is 5.73. The summed E-state index contributed by atoms with van der Waals surface area (Å²) in [4.78, 5) is 13.3. The molecule has 4 heteroatoms. The van der Waals surface area contributed by atoms with Crippen molar-refractivity contribution in [1.29, 1.82) is 5.26 Å². The molecule has 2 rings (SSSR count). The normalized spacial score (nSPS) is 18.2. The summed E-state index contributed by atoms with van der Waals surface area (Å²) >= 11 is 0. The molecule has 0 saturated carbocycles. The van der Waals surface area contributed by atoms with Crippen LogP contribution in [0.1, 0.15) is 11.5 Å². The molecule has 1 aromatic rings. The maximum absolute atomic E-state index is 11.2. The van der Waals surface area contributed by atoms with Gasteiger partial charge in [-0.1, -0.05) is 30.3 Å². The van der Waals surface area contributed by atoms with Crippen molar-refractivity contribution in [2.24, 2.45) is 0 Å². The van der Waals surface area contributed by atoms with E-state index >= 15 is 0 Å². The van der Waals surface area contributed by atoms with Gasteiger partial charge in [-0.15, -0.1) is 0 Å². The third-order valence-electron chi connectivity index (χ3n) is 2.92. The van der Waals surface area contributed by atoms with Gasteiger partial charge in [0.05, 0.1) is 18.5 Å². The average Bonchev–Trinajstić information content (AvgIpc) is 2.37. The lowest BCUT2D eigenvalue weighted by Gasteiger charge is -2.28. The number of piperazine rings is 1. The Balaban J connectivity index is 2.01. The molecule has 1 aliphatic rings. The number of rotatable bonds is 3. The first-order chi connectivity index (χ1) is 8.29. The van der Waals surface area contributed by atoms with Crippen molar-refractivity contribution >= 4 is 5.91 Å². The lowest BCUT2D eigenvalue weighted by molar-refractivity contribution is -0.124. The van der Waals surface area contributed by atoms with Crippen molar-refractivity contribution in [1.82, 2.24) is 10.2 Å². The van der Waals surface area contributed by atoms with E-state index in [1.54, 1.807) is 0 Å². The summed E-state index contributed by atoms with van der Waals surface area (Å²) in [6.45, 7) is 2.50. The topological polar surface area (TPSA) is 56.1 Å². The first kappa shape index (κ1) is 11.6. The number of nitrogens with zero attached hydrogens (tertiary/aromatic N) is 2. The summed E-state index contributed by atoms with van der Waals surface area (Å²) < 4.78 is 0. The molecule has 1 N–H and O–H groups in total. The van der Waals surface area contributed by atoms with E-state index in [0.29, 0.717) is 19.6 Å². The minimum absolute atomic E-state index is 0.0426. The molecular weight excluding hydrogens is 214 g/mol. The number of nitrogens with one attached hydrogen (secondary N) is 1. The Labute approximate surface area is 101 Å². The van der Waals surface area contributed by atoms with E-state index < -0.39 is 0 Å². The molecule has 1 aliphatic heterocycles. The molecular formula is C13H15N3O. The van der Waals surface area contributed by atoms with Gasteiger partial charge in [0.25, 0.3) is 0 Å². The fourth-order valence-electron chi connectivity index (χ4n) is 2.01. The highest BCUT2D eigenvalue weighted by Crippen LogP contribution is 2.16. The van der Waals surface area contributed by atoms with Crippen LogP contribution in [0.3, 0.4) is 0 Å². The van der Waals surface area contributed by atoms with Crippen LogP contribution in [0.5, 0.6) is 0 Å². The number of hydrogen-bond acceptors (Lipinski definition) is 3. The fraction of sp³-hybridized carbons (Fsp3) is 0.385. The molecule has 1 heterocycles. The van der Waals surface area contributed by atoms with Gasteiger partial charge in [0.1, 0.15) is 0 Å². The summed E-state index contributed by atoms with van der Waals surface area (Å²) in [5.74, 6) is -0.122. The van der Waals surface area contributed by atoms with Crippen molar-refractivity contribution in [2.45, 2.75) is 5.92 Å². The van der Waals surface area contributed by atoms with Crippen molar-refractivity contribution < 1.29 is 4.79 Å². The van der Waals surface area contributed by atoms with Gasteiger partial charge >= 0.3 is 0 Å². The van der Waals surface area contributed by atoms with E-state index in [1.807, 2.05) is 35.2 Å².